The zero-order valence-electron chi connectivity index (χ0n) is 19.1. The third kappa shape index (κ3) is 4.07. The van der Waals surface area contributed by atoms with E-state index in [9.17, 15) is 14.0 Å². The Morgan fingerprint density at radius 2 is 1.47 bits per heavy atom. The predicted octanol–water partition coefficient (Wildman–Crippen LogP) is 5.52. The number of anilines is 3. The first-order chi connectivity index (χ1) is 16.5. The molecule has 34 heavy (non-hydrogen) atoms. The molecule has 5 rings (SSSR count). The minimum Gasteiger partial charge on any atom is -0.372 e. The molecule has 2 aliphatic rings. The van der Waals surface area contributed by atoms with Crippen molar-refractivity contribution in [3.05, 3.63) is 95.4 Å². The van der Waals surface area contributed by atoms with Gasteiger partial charge in [0.05, 0.1) is 11.3 Å². The van der Waals surface area contributed by atoms with Gasteiger partial charge < -0.3 is 10.2 Å². The molecule has 5 nitrogen and oxygen atoms in total. The SMILES string of the molecule is Cc1ccc(C2=C(Nc3ccc(N4CCCCC4)cc3)C(=O)N(c3ccccc3F)C2=O)cc1. The van der Waals surface area contributed by atoms with Gasteiger partial charge in [-0.25, -0.2) is 9.29 Å². The molecule has 3 aromatic rings. The molecule has 3 aromatic carbocycles. The van der Waals surface area contributed by atoms with Crippen molar-refractivity contribution in [3.8, 4) is 0 Å². The molecule has 0 unspecified atom stereocenters. The topological polar surface area (TPSA) is 52.7 Å². The van der Waals surface area contributed by atoms with E-state index < -0.39 is 17.6 Å². The van der Waals surface area contributed by atoms with Gasteiger partial charge in [0.25, 0.3) is 11.8 Å². The quantitative estimate of drug-likeness (QED) is 0.515. The van der Waals surface area contributed by atoms with E-state index in [-0.39, 0.29) is 17.0 Å². The molecule has 1 fully saturated rings. The number of hydrogen-bond donors (Lipinski definition) is 1. The molecule has 0 atom stereocenters. The molecule has 0 saturated carbocycles. The van der Waals surface area contributed by atoms with Crippen LogP contribution in [0.1, 0.15) is 30.4 Å². The minimum absolute atomic E-state index is 0.0561. The normalized spacial score (nSPS) is 16.4. The van der Waals surface area contributed by atoms with Gasteiger partial charge in [-0.3, -0.25) is 9.59 Å². The molecule has 1 saturated heterocycles. The highest BCUT2D eigenvalue weighted by Gasteiger charge is 2.41. The Kier molecular flexibility index (Phi) is 5.88. The average molecular weight is 456 g/mol. The highest BCUT2D eigenvalue weighted by Crippen LogP contribution is 2.35. The molecule has 0 spiro atoms. The molecule has 0 bridgehead atoms. The van der Waals surface area contributed by atoms with Crippen LogP contribution in [0.3, 0.4) is 0 Å². The molecule has 6 heteroatoms. The number of piperidine rings is 1. The monoisotopic (exact) mass is 455 g/mol. The summed E-state index contributed by atoms with van der Waals surface area (Å²) >= 11 is 0. The van der Waals surface area contributed by atoms with Crippen molar-refractivity contribution in [2.45, 2.75) is 26.2 Å². The maximum atomic E-state index is 14.6. The number of nitrogens with zero attached hydrogens (tertiary/aromatic N) is 2. The number of nitrogens with one attached hydrogen (secondary N) is 1. The van der Waals surface area contributed by atoms with Crippen LogP contribution in [0.5, 0.6) is 0 Å². The molecular weight excluding hydrogens is 429 g/mol. The molecule has 0 radical (unpaired) electrons. The molecule has 0 aliphatic carbocycles. The van der Waals surface area contributed by atoms with Gasteiger partial charge in [-0.05, 0) is 68.1 Å². The van der Waals surface area contributed by atoms with Gasteiger partial charge in [0.2, 0.25) is 0 Å². The highest BCUT2D eigenvalue weighted by atomic mass is 19.1. The fraction of sp³-hybridized carbons (Fsp3) is 0.214. The van der Waals surface area contributed by atoms with Crippen LogP contribution in [-0.2, 0) is 9.59 Å². The Hall–Kier alpha value is -3.93. The number of hydrogen-bond acceptors (Lipinski definition) is 4. The van der Waals surface area contributed by atoms with E-state index in [1.807, 2.05) is 55.5 Å². The van der Waals surface area contributed by atoms with Crippen LogP contribution in [-0.4, -0.2) is 24.9 Å². The van der Waals surface area contributed by atoms with E-state index in [0.717, 1.165) is 29.2 Å². The van der Waals surface area contributed by atoms with Gasteiger partial charge in [0, 0.05) is 24.5 Å². The summed E-state index contributed by atoms with van der Waals surface area (Å²) in [6, 6.07) is 21.1. The summed E-state index contributed by atoms with van der Waals surface area (Å²) in [7, 11) is 0. The van der Waals surface area contributed by atoms with Crippen LogP contribution in [0.4, 0.5) is 21.5 Å². The van der Waals surface area contributed by atoms with Crippen molar-refractivity contribution in [3.63, 3.8) is 0 Å². The zero-order valence-corrected chi connectivity index (χ0v) is 19.1. The van der Waals surface area contributed by atoms with E-state index in [4.69, 9.17) is 0 Å². The Morgan fingerprint density at radius 3 is 2.15 bits per heavy atom. The third-order valence-electron chi connectivity index (χ3n) is 6.38. The molecule has 0 aromatic heterocycles. The Bertz CT molecular complexity index is 1260. The number of carbonyl (C=O) groups excluding carboxylic acids is 2. The lowest BCUT2D eigenvalue weighted by atomic mass is 10.0. The van der Waals surface area contributed by atoms with Crippen molar-refractivity contribution in [1.82, 2.24) is 0 Å². The molecule has 2 amide bonds. The first-order valence-electron chi connectivity index (χ1n) is 11.6. The lowest BCUT2D eigenvalue weighted by Gasteiger charge is -2.28. The Labute approximate surface area is 198 Å². The Morgan fingerprint density at radius 1 is 0.794 bits per heavy atom. The van der Waals surface area contributed by atoms with Crippen molar-refractivity contribution < 1.29 is 14.0 Å². The average Bonchev–Trinajstić information content (AvgIpc) is 3.10. The third-order valence-corrected chi connectivity index (χ3v) is 6.38. The second kappa shape index (κ2) is 9.14. The second-order valence-corrected chi connectivity index (χ2v) is 8.73. The summed E-state index contributed by atoms with van der Waals surface area (Å²) in [4.78, 5) is 30.2. The van der Waals surface area contributed by atoms with E-state index in [0.29, 0.717) is 11.3 Å². The largest absolute Gasteiger partial charge is 0.372 e. The maximum absolute atomic E-state index is 14.6. The van der Waals surface area contributed by atoms with Gasteiger partial charge in [-0.1, -0.05) is 42.0 Å². The van der Waals surface area contributed by atoms with E-state index in [1.165, 1.54) is 37.5 Å². The first-order valence-corrected chi connectivity index (χ1v) is 11.6. The van der Waals surface area contributed by atoms with E-state index in [1.54, 1.807) is 6.07 Å². The predicted molar refractivity (Wildman–Crippen MR) is 133 cm³/mol. The van der Waals surface area contributed by atoms with Gasteiger partial charge in [0.1, 0.15) is 11.5 Å². The van der Waals surface area contributed by atoms with Gasteiger partial charge in [-0.2, -0.15) is 0 Å². The van der Waals surface area contributed by atoms with Crippen molar-refractivity contribution in [2.24, 2.45) is 0 Å². The van der Waals surface area contributed by atoms with Gasteiger partial charge >= 0.3 is 0 Å². The summed E-state index contributed by atoms with van der Waals surface area (Å²) in [5, 5.41) is 3.16. The van der Waals surface area contributed by atoms with E-state index >= 15 is 0 Å². The number of amides is 2. The fourth-order valence-electron chi connectivity index (χ4n) is 4.54. The lowest BCUT2D eigenvalue weighted by Crippen LogP contribution is -2.33. The van der Waals surface area contributed by atoms with Crippen LogP contribution < -0.4 is 15.1 Å². The number of para-hydroxylation sites is 1. The molecule has 1 N–H and O–H groups in total. The molecular formula is C28H26FN3O2. The second-order valence-electron chi connectivity index (χ2n) is 8.73. The van der Waals surface area contributed by atoms with Gasteiger partial charge in [-0.15, -0.1) is 0 Å². The van der Waals surface area contributed by atoms with E-state index in [2.05, 4.69) is 10.2 Å². The van der Waals surface area contributed by atoms with Crippen LogP contribution in [0.2, 0.25) is 0 Å². The number of benzene rings is 3. The summed E-state index contributed by atoms with van der Waals surface area (Å²) < 4.78 is 14.6. The molecule has 2 heterocycles. The van der Waals surface area contributed by atoms with Gasteiger partial charge in [0.15, 0.2) is 0 Å². The first kappa shape index (κ1) is 21.9. The van der Waals surface area contributed by atoms with Crippen LogP contribution in [0, 0.1) is 12.7 Å². The number of carbonyl (C=O) groups is 2. The summed E-state index contributed by atoms with van der Waals surface area (Å²) in [5.41, 5.74) is 3.79. The van der Waals surface area contributed by atoms with Crippen LogP contribution in [0.15, 0.2) is 78.5 Å². The number of aryl methyl sites for hydroxylation is 1. The standard InChI is InChI=1S/C28H26FN3O2/c1-19-9-11-20(12-10-19)25-26(28(34)32(27(25)33)24-8-4-3-7-23(24)29)30-21-13-15-22(16-14-21)31-17-5-2-6-18-31/h3-4,7-16,30H,2,5-6,17-18H2,1H3. The van der Waals surface area contributed by atoms with Crippen LogP contribution >= 0.6 is 0 Å². The smallest absolute Gasteiger partial charge is 0.282 e. The highest BCUT2D eigenvalue weighted by molar-refractivity contribution is 6.46. The molecule has 172 valence electrons. The number of halogens is 1. The minimum atomic E-state index is -0.625. The van der Waals surface area contributed by atoms with Crippen molar-refractivity contribution >= 4 is 34.4 Å². The number of imide groups is 1. The zero-order chi connectivity index (χ0) is 23.7. The fourth-order valence-corrected chi connectivity index (χ4v) is 4.54. The molecule has 2 aliphatic heterocycles. The lowest BCUT2D eigenvalue weighted by molar-refractivity contribution is -0.120. The van der Waals surface area contributed by atoms with Crippen LogP contribution in [0.25, 0.3) is 5.57 Å². The maximum Gasteiger partial charge on any atom is 0.282 e. The summed E-state index contributed by atoms with van der Waals surface area (Å²) in [6.45, 7) is 4.04. The Balaban J connectivity index is 1.51. The summed E-state index contributed by atoms with van der Waals surface area (Å²) in [6.07, 6.45) is 3.64. The van der Waals surface area contributed by atoms with Crippen molar-refractivity contribution in [1.29, 1.82) is 0 Å². The van der Waals surface area contributed by atoms with Crippen molar-refractivity contribution in [2.75, 3.05) is 28.2 Å². The number of rotatable bonds is 5. The summed E-state index contributed by atoms with van der Waals surface area (Å²) in [5.74, 6) is -1.75.